The number of methoxy groups -OCH3 is 1. The zero-order valence-electron chi connectivity index (χ0n) is 13.2. The predicted octanol–water partition coefficient (Wildman–Crippen LogP) is 5.36. The number of halogens is 1. The van der Waals surface area contributed by atoms with Crippen LogP contribution >= 0.6 is 22.9 Å². The van der Waals surface area contributed by atoms with Crippen LogP contribution < -0.4 is 10.1 Å². The molecular weight excluding hydrogens is 356 g/mol. The number of nitrogens with one attached hydrogen (secondary N) is 1. The van der Waals surface area contributed by atoms with Crippen LogP contribution in [0.15, 0.2) is 54.6 Å². The molecule has 0 saturated carbocycles. The molecule has 1 amide bonds. The highest BCUT2D eigenvalue weighted by Crippen LogP contribution is 2.30. The summed E-state index contributed by atoms with van der Waals surface area (Å²) in [5.74, 6) is 0.552. The maximum Gasteiger partial charge on any atom is 0.258 e. The third kappa shape index (κ3) is 2.92. The fraction of sp³-hybridized carbons (Fsp3) is 0.0526. The van der Waals surface area contributed by atoms with Gasteiger partial charge in [-0.15, -0.1) is 0 Å². The molecule has 0 saturated heterocycles. The molecule has 1 aromatic heterocycles. The van der Waals surface area contributed by atoms with E-state index in [9.17, 15) is 4.79 Å². The Kier molecular flexibility index (Phi) is 4.03. The first-order valence-corrected chi connectivity index (χ1v) is 8.78. The number of thiazole rings is 1. The summed E-state index contributed by atoms with van der Waals surface area (Å²) in [4.78, 5) is 17.2. The fourth-order valence-electron chi connectivity index (χ4n) is 2.72. The third-order valence-electron chi connectivity index (χ3n) is 3.93. The Morgan fingerprint density at radius 1 is 1.12 bits per heavy atom. The summed E-state index contributed by atoms with van der Waals surface area (Å²) in [6.07, 6.45) is 0. The van der Waals surface area contributed by atoms with Crippen LogP contribution in [0.5, 0.6) is 5.75 Å². The van der Waals surface area contributed by atoms with Gasteiger partial charge in [-0.05, 0) is 35.7 Å². The Labute approximate surface area is 153 Å². The van der Waals surface area contributed by atoms with E-state index in [1.165, 1.54) is 11.3 Å². The molecule has 4 nitrogen and oxygen atoms in total. The van der Waals surface area contributed by atoms with E-state index in [1.807, 2.05) is 48.5 Å². The lowest BCUT2D eigenvalue weighted by molar-refractivity contribution is 0.102. The fourth-order valence-corrected chi connectivity index (χ4v) is 3.85. The number of nitrogens with zero attached hydrogens (tertiary/aromatic N) is 1. The zero-order valence-corrected chi connectivity index (χ0v) is 14.8. The number of benzene rings is 3. The molecule has 0 aliphatic rings. The van der Waals surface area contributed by atoms with Gasteiger partial charge >= 0.3 is 0 Å². The molecule has 4 aromatic rings. The van der Waals surface area contributed by atoms with Gasteiger partial charge in [-0.1, -0.05) is 47.2 Å². The Balaban J connectivity index is 1.70. The topological polar surface area (TPSA) is 51.2 Å². The van der Waals surface area contributed by atoms with E-state index in [0.717, 1.165) is 26.7 Å². The quantitative estimate of drug-likeness (QED) is 0.529. The molecule has 0 unspecified atom stereocenters. The first-order valence-electron chi connectivity index (χ1n) is 7.59. The summed E-state index contributed by atoms with van der Waals surface area (Å²) in [6, 6.07) is 16.7. The van der Waals surface area contributed by atoms with Crippen molar-refractivity contribution in [2.45, 2.75) is 0 Å². The van der Waals surface area contributed by atoms with Crippen LogP contribution in [-0.2, 0) is 0 Å². The molecule has 124 valence electrons. The Hall–Kier alpha value is -2.63. The number of anilines is 1. The van der Waals surface area contributed by atoms with Gasteiger partial charge in [0.05, 0.1) is 17.3 Å². The van der Waals surface area contributed by atoms with Crippen molar-refractivity contribution in [3.8, 4) is 5.75 Å². The lowest BCUT2D eigenvalue weighted by Crippen LogP contribution is -2.12. The predicted molar refractivity (Wildman–Crippen MR) is 103 cm³/mol. The summed E-state index contributed by atoms with van der Waals surface area (Å²) in [7, 11) is 1.62. The summed E-state index contributed by atoms with van der Waals surface area (Å²) in [5.41, 5.74) is 1.39. The number of ether oxygens (including phenoxy) is 1. The SMILES string of the molecule is COc1ccc2nc(NC(=O)c3cccc4c(Cl)cccc34)sc2c1. The van der Waals surface area contributed by atoms with Gasteiger partial charge in [0.15, 0.2) is 5.13 Å². The first kappa shape index (κ1) is 15.9. The second-order valence-corrected chi connectivity index (χ2v) is 6.89. The summed E-state index contributed by atoms with van der Waals surface area (Å²) in [6.45, 7) is 0. The van der Waals surface area contributed by atoms with Gasteiger partial charge < -0.3 is 4.74 Å². The van der Waals surface area contributed by atoms with Crippen LogP contribution in [0, 0.1) is 0 Å². The number of fused-ring (bicyclic) bond motifs is 2. The monoisotopic (exact) mass is 368 g/mol. The minimum absolute atomic E-state index is 0.209. The van der Waals surface area contributed by atoms with Crippen LogP contribution in [0.25, 0.3) is 21.0 Å². The van der Waals surface area contributed by atoms with Crippen molar-refractivity contribution in [3.05, 3.63) is 65.2 Å². The number of amides is 1. The smallest absolute Gasteiger partial charge is 0.258 e. The third-order valence-corrected chi connectivity index (χ3v) is 5.19. The molecule has 1 heterocycles. The Morgan fingerprint density at radius 2 is 1.92 bits per heavy atom. The van der Waals surface area contributed by atoms with Crippen molar-refractivity contribution in [1.82, 2.24) is 4.98 Å². The normalized spacial score (nSPS) is 11.0. The minimum Gasteiger partial charge on any atom is -0.497 e. The number of hydrogen-bond donors (Lipinski definition) is 1. The van der Waals surface area contributed by atoms with E-state index < -0.39 is 0 Å². The minimum atomic E-state index is -0.209. The van der Waals surface area contributed by atoms with E-state index in [0.29, 0.717) is 15.7 Å². The Bertz CT molecular complexity index is 1110. The van der Waals surface area contributed by atoms with Crippen molar-refractivity contribution in [3.63, 3.8) is 0 Å². The van der Waals surface area contributed by atoms with Crippen LogP contribution in [0.2, 0.25) is 5.02 Å². The molecule has 3 aromatic carbocycles. The average molecular weight is 369 g/mol. The number of carbonyl (C=O) groups is 1. The van der Waals surface area contributed by atoms with Crippen molar-refractivity contribution >= 4 is 55.0 Å². The van der Waals surface area contributed by atoms with E-state index >= 15 is 0 Å². The van der Waals surface area contributed by atoms with Crippen molar-refractivity contribution in [2.24, 2.45) is 0 Å². The molecule has 0 radical (unpaired) electrons. The van der Waals surface area contributed by atoms with Gasteiger partial charge in [-0.25, -0.2) is 4.98 Å². The average Bonchev–Trinajstić information content (AvgIpc) is 3.02. The maximum atomic E-state index is 12.7. The van der Waals surface area contributed by atoms with E-state index in [-0.39, 0.29) is 5.91 Å². The molecule has 0 atom stereocenters. The molecule has 0 bridgehead atoms. The standard InChI is InChI=1S/C19H13ClN2O2S/c1-24-11-8-9-16-17(10-11)25-19(21-16)22-18(23)14-6-2-5-13-12(14)4-3-7-15(13)20/h2-10H,1H3,(H,21,22,23). The van der Waals surface area contributed by atoms with Gasteiger partial charge in [0, 0.05) is 16.0 Å². The molecule has 0 aliphatic heterocycles. The second kappa shape index (κ2) is 6.35. The number of aromatic nitrogens is 1. The highest BCUT2D eigenvalue weighted by Gasteiger charge is 2.14. The van der Waals surface area contributed by atoms with E-state index in [1.54, 1.807) is 13.2 Å². The summed E-state index contributed by atoms with van der Waals surface area (Å²) >= 11 is 7.63. The van der Waals surface area contributed by atoms with E-state index in [4.69, 9.17) is 16.3 Å². The summed E-state index contributed by atoms with van der Waals surface area (Å²) < 4.78 is 6.17. The first-order chi connectivity index (χ1) is 12.2. The molecule has 0 aliphatic carbocycles. The largest absolute Gasteiger partial charge is 0.497 e. The van der Waals surface area contributed by atoms with Gasteiger partial charge in [-0.2, -0.15) is 0 Å². The lowest BCUT2D eigenvalue weighted by atomic mass is 10.0. The molecule has 0 fully saturated rings. The van der Waals surface area contributed by atoms with Crippen LogP contribution in [0.4, 0.5) is 5.13 Å². The molecule has 4 rings (SSSR count). The molecule has 6 heteroatoms. The number of carbonyl (C=O) groups excluding carboxylic acids is 1. The van der Waals surface area contributed by atoms with Crippen molar-refractivity contribution in [2.75, 3.05) is 12.4 Å². The van der Waals surface area contributed by atoms with E-state index in [2.05, 4.69) is 10.3 Å². The Morgan fingerprint density at radius 3 is 2.76 bits per heavy atom. The van der Waals surface area contributed by atoms with Gasteiger partial charge in [0.25, 0.3) is 5.91 Å². The zero-order chi connectivity index (χ0) is 17.4. The van der Waals surface area contributed by atoms with Gasteiger partial charge in [0.1, 0.15) is 5.75 Å². The van der Waals surface area contributed by atoms with Crippen molar-refractivity contribution in [1.29, 1.82) is 0 Å². The summed E-state index contributed by atoms with van der Waals surface area (Å²) in [5, 5.41) is 5.72. The highest BCUT2D eigenvalue weighted by molar-refractivity contribution is 7.22. The molecule has 0 spiro atoms. The molecule has 25 heavy (non-hydrogen) atoms. The highest BCUT2D eigenvalue weighted by atomic mass is 35.5. The molecule has 1 N–H and O–H groups in total. The van der Waals surface area contributed by atoms with Crippen LogP contribution in [0.1, 0.15) is 10.4 Å². The molecular formula is C19H13ClN2O2S. The van der Waals surface area contributed by atoms with Crippen LogP contribution in [-0.4, -0.2) is 18.0 Å². The second-order valence-electron chi connectivity index (χ2n) is 5.45. The number of rotatable bonds is 3. The van der Waals surface area contributed by atoms with Crippen LogP contribution in [0.3, 0.4) is 0 Å². The number of hydrogen-bond acceptors (Lipinski definition) is 4. The van der Waals surface area contributed by atoms with Gasteiger partial charge in [-0.3, -0.25) is 10.1 Å². The lowest BCUT2D eigenvalue weighted by Gasteiger charge is -2.07. The maximum absolute atomic E-state index is 12.7. The van der Waals surface area contributed by atoms with Gasteiger partial charge in [0.2, 0.25) is 0 Å². The van der Waals surface area contributed by atoms with Crippen molar-refractivity contribution < 1.29 is 9.53 Å².